The van der Waals surface area contributed by atoms with E-state index in [1.807, 2.05) is 0 Å². The zero-order chi connectivity index (χ0) is 13.0. The van der Waals surface area contributed by atoms with Crippen LogP contribution in [0.25, 0.3) is 0 Å². The van der Waals surface area contributed by atoms with Gasteiger partial charge in [0.25, 0.3) is 0 Å². The molecule has 3 nitrogen and oxygen atoms in total. The molecule has 0 spiro atoms. The summed E-state index contributed by atoms with van der Waals surface area (Å²) in [5, 5.41) is 13.8. The lowest BCUT2D eigenvalue weighted by Crippen LogP contribution is -2.46. The molecular weight excluding hydrogens is 226 g/mol. The molecule has 0 amide bonds. The van der Waals surface area contributed by atoms with Crippen molar-refractivity contribution in [3.05, 3.63) is 0 Å². The van der Waals surface area contributed by atoms with E-state index in [4.69, 9.17) is 4.74 Å². The van der Waals surface area contributed by atoms with Crippen LogP contribution in [-0.2, 0) is 4.74 Å². The summed E-state index contributed by atoms with van der Waals surface area (Å²) in [6.45, 7) is 6.54. The summed E-state index contributed by atoms with van der Waals surface area (Å²) in [6, 6.07) is 0.604. The fourth-order valence-electron chi connectivity index (χ4n) is 3.43. The first-order valence-electron chi connectivity index (χ1n) is 7.61. The van der Waals surface area contributed by atoms with Crippen molar-refractivity contribution in [1.82, 2.24) is 5.32 Å². The summed E-state index contributed by atoms with van der Waals surface area (Å²) in [5.74, 6) is 1.69. The van der Waals surface area contributed by atoms with Crippen molar-refractivity contribution >= 4 is 0 Å². The molecule has 1 aliphatic heterocycles. The van der Waals surface area contributed by atoms with Crippen molar-refractivity contribution in [2.75, 3.05) is 19.8 Å². The number of nitrogens with one attached hydrogen (secondary N) is 1. The van der Waals surface area contributed by atoms with Crippen LogP contribution in [0.5, 0.6) is 0 Å². The molecule has 106 valence electrons. The summed E-state index contributed by atoms with van der Waals surface area (Å²) in [7, 11) is 0. The van der Waals surface area contributed by atoms with Gasteiger partial charge in [0.1, 0.15) is 5.60 Å². The topological polar surface area (TPSA) is 41.5 Å². The number of rotatable bonds is 5. The zero-order valence-electron chi connectivity index (χ0n) is 12.0. The third-order valence-electron chi connectivity index (χ3n) is 4.39. The molecule has 3 atom stereocenters. The highest BCUT2D eigenvalue weighted by molar-refractivity contribution is 4.88. The Morgan fingerprint density at radius 3 is 2.89 bits per heavy atom. The predicted molar refractivity (Wildman–Crippen MR) is 73.6 cm³/mol. The Kier molecular flexibility index (Phi) is 5.05. The van der Waals surface area contributed by atoms with Crippen molar-refractivity contribution in [3.8, 4) is 0 Å². The van der Waals surface area contributed by atoms with Gasteiger partial charge in [0.05, 0.1) is 6.61 Å². The van der Waals surface area contributed by atoms with Gasteiger partial charge in [0, 0.05) is 25.6 Å². The molecule has 18 heavy (non-hydrogen) atoms. The third kappa shape index (κ3) is 4.22. The largest absolute Gasteiger partial charge is 0.386 e. The second-order valence-electron chi connectivity index (χ2n) is 6.77. The first-order valence-corrected chi connectivity index (χ1v) is 7.61. The van der Waals surface area contributed by atoms with Crippen LogP contribution in [0.1, 0.15) is 52.4 Å². The van der Waals surface area contributed by atoms with Crippen LogP contribution in [0, 0.1) is 11.8 Å². The first-order chi connectivity index (χ1) is 8.57. The highest BCUT2D eigenvalue weighted by Gasteiger charge is 2.33. The molecule has 2 rings (SSSR count). The minimum absolute atomic E-state index is 0.502. The molecule has 0 aromatic carbocycles. The monoisotopic (exact) mass is 255 g/mol. The summed E-state index contributed by atoms with van der Waals surface area (Å²) in [5.41, 5.74) is -0.606. The van der Waals surface area contributed by atoms with Crippen LogP contribution in [-0.4, -0.2) is 36.5 Å². The molecule has 2 N–H and O–H groups in total. The van der Waals surface area contributed by atoms with Crippen molar-refractivity contribution in [2.45, 2.75) is 64.0 Å². The van der Waals surface area contributed by atoms with E-state index >= 15 is 0 Å². The minimum atomic E-state index is -0.606. The second-order valence-corrected chi connectivity index (χ2v) is 6.77. The average molecular weight is 255 g/mol. The average Bonchev–Trinajstić information content (AvgIpc) is 2.74. The van der Waals surface area contributed by atoms with E-state index < -0.39 is 5.60 Å². The fraction of sp³-hybridized carbons (Fsp3) is 1.00. The quantitative estimate of drug-likeness (QED) is 0.792. The number of ether oxygens (including phenoxy) is 1. The number of hydrogen-bond donors (Lipinski definition) is 2. The van der Waals surface area contributed by atoms with E-state index in [9.17, 15) is 5.11 Å². The van der Waals surface area contributed by atoms with Gasteiger partial charge in [-0.25, -0.2) is 0 Å². The summed E-state index contributed by atoms with van der Waals surface area (Å²) in [6.07, 6.45) is 7.42. The molecule has 2 aliphatic rings. The molecule has 1 aliphatic carbocycles. The molecule has 0 radical (unpaired) electrons. The molecule has 1 saturated carbocycles. The lowest BCUT2D eigenvalue weighted by molar-refractivity contribution is 0.0228. The molecule has 3 unspecified atom stereocenters. The zero-order valence-corrected chi connectivity index (χ0v) is 12.0. The molecular formula is C15H29NO2. The van der Waals surface area contributed by atoms with Crippen molar-refractivity contribution in [2.24, 2.45) is 11.8 Å². The van der Waals surface area contributed by atoms with E-state index in [2.05, 4.69) is 19.2 Å². The van der Waals surface area contributed by atoms with Crippen LogP contribution >= 0.6 is 0 Å². The van der Waals surface area contributed by atoms with Crippen LogP contribution in [0.4, 0.5) is 0 Å². The predicted octanol–water partition coefficient (Wildman–Crippen LogP) is 2.33. The van der Waals surface area contributed by atoms with E-state index in [0.717, 1.165) is 18.3 Å². The Morgan fingerprint density at radius 1 is 1.39 bits per heavy atom. The molecule has 3 heteroatoms. The number of aliphatic hydroxyl groups is 1. The smallest absolute Gasteiger partial charge is 0.102 e. The van der Waals surface area contributed by atoms with Gasteiger partial charge in [-0.1, -0.05) is 26.7 Å². The second kappa shape index (κ2) is 6.36. The van der Waals surface area contributed by atoms with Gasteiger partial charge in [-0.2, -0.15) is 0 Å². The van der Waals surface area contributed by atoms with Crippen LogP contribution in [0.2, 0.25) is 0 Å². The van der Waals surface area contributed by atoms with Gasteiger partial charge in [0.2, 0.25) is 0 Å². The maximum Gasteiger partial charge on any atom is 0.102 e. The Labute approximate surface area is 111 Å². The molecule has 0 aromatic heterocycles. The highest BCUT2D eigenvalue weighted by atomic mass is 16.5. The Morgan fingerprint density at radius 2 is 2.22 bits per heavy atom. The van der Waals surface area contributed by atoms with Gasteiger partial charge in [-0.15, -0.1) is 0 Å². The van der Waals surface area contributed by atoms with Crippen molar-refractivity contribution < 1.29 is 9.84 Å². The SMILES string of the molecule is CC(C)CC1CCCC(NCC2(O)CCOC2)C1. The van der Waals surface area contributed by atoms with Crippen molar-refractivity contribution in [3.63, 3.8) is 0 Å². The molecule has 2 fully saturated rings. The first kappa shape index (κ1) is 14.3. The van der Waals surface area contributed by atoms with Gasteiger partial charge in [-0.05, 0) is 31.1 Å². The fourth-order valence-corrected chi connectivity index (χ4v) is 3.43. The van der Waals surface area contributed by atoms with E-state index in [0.29, 0.717) is 25.8 Å². The Bertz CT molecular complexity index is 249. The lowest BCUT2D eigenvalue weighted by Gasteiger charge is -2.33. The third-order valence-corrected chi connectivity index (χ3v) is 4.39. The highest BCUT2D eigenvalue weighted by Crippen LogP contribution is 2.29. The molecule has 0 bridgehead atoms. The van der Waals surface area contributed by atoms with Gasteiger partial charge in [0.15, 0.2) is 0 Å². The number of hydrogen-bond acceptors (Lipinski definition) is 3. The normalized spacial score (nSPS) is 37.3. The maximum absolute atomic E-state index is 10.2. The standard InChI is InChI=1S/C15H29NO2/c1-12(2)8-13-4-3-5-14(9-13)16-10-15(17)6-7-18-11-15/h12-14,16-17H,3-11H2,1-2H3. The van der Waals surface area contributed by atoms with Crippen molar-refractivity contribution in [1.29, 1.82) is 0 Å². The summed E-state index contributed by atoms with van der Waals surface area (Å²) >= 11 is 0. The molecule has 0 aromatic rings. The lowest BCUT2D eigenvalue weighted by atomic mass is 9.81. The van der Waals surface area contributed by atoms with E-state index in [-0.39, 0.29) is 0 Å². The summed E-state index contributed by atoms with van der Waals surface area (Å²) < 4.78 is 5.28. The van der Waals surface area contributed by atoms with Gasteiger partial charge < -0.3 is 15.2 Å². The van der Waals surface area contributed by atoms with Crippen LogP contribution in [0.15, 0.2) is 0 Å². The Balaban J connectivity index is 1.72. The Hall–Kier alpha value is -0.120. The van der Waals surface area contributed by atoms with E-state index in [1.54, 1.807) is 0 Å². The van der Waals surface area contributed by atoms with Gasteiger partial charge >= 0.3 is 0 Å². The molecule has 1 saturated heterocycles. The maximum atomic E-state index is 10.2. The van der Waals surface area contributed by atoms with Gasteiger partial charge in [-0.3, -0.25) is 0 Å². The minimum Gasteiger partial charge on any atom is -0.386 e. The summed E-state index contributed by atoms with van der Waals surface area (Å²) in [4.78, 5) is 0. The molecule has 1 heterocycles. The van der Waals surface area contributed by atoms with Crippen LogP contribution < -0.4 is 5.32 Å². The van der Waals surface area contributed by atoms with Crippen LogP contribution in [0.3, 0.4) is 0 Å². The van der Waals surface area contributed by atoms with E-state index in [1.165, 1.54) is 32.1 Å².